The lowest BCUT2D eigenvalue weighted by Crippen LogP contribution is -2.48. The number of amides is 6. The molecule has 3 heterocycles. The smallest absolute Gasteiger partial charge is 0.293 e. The van der Waals surface area contributed by atoms with Crippen LogP contribution in [-0.2, 0) is 38.0 Å². The predicted molar refractivity (Wildman–Crippen MR) is 337 cm³/mol. The zero-order valence-electron chi connectivity index (χ0n) is 54.1. The van der Waals surface area contributed by atoms with Gasteiger partial charge in [0.1, 0.15) is 53.7 Å². The van der Waals surface area contributed by atoms with Gasteiger partial charge >= 0.3 is 0 Å². The Kier molecular flexibility index (Phi) is 40.4. The third-order valence-corrected chi connectivity index (χ3v) is 14.3. The van der Waals surface area contributed by atoms with E-state index in [9.17, 15) is 125 Å². The summed E-state index contributed by atoms with van der Waals surface area (Å²) in [5.41, 5.74) is -8.26. The topological polar surface area (TPSA) is 662 Å². The number of pyridine rings is 3. The molecule has 42 heteroatoms. The SMILES string of the molecule is O=COCCCC(CN(CCNC(=O)c1cc(C(=O)NC(COC(CO)CO)COC(CO)CO)[nH]c(=O)c1O)CCNC(=O)c1cc(C(=O)NC(COC(CO)CO)COC(CO)CO)[nH]c(=O)c1O)NC(=O)c1cc(C(=O)NC(COC(CO)CO)COC(CO)CO)[nH]c(=O)c1O. The molecule has 0 saturated carbocycles. The molecule has 3 aromatic heterocycles. The molecule has 0 aliphatic carbocycles. The summed E-state index contributed by atoms with van der Waals surface area (Å²) in [5.74, 6) is -10.5. The third-order valence-electron chi connectivity index (χ3n) is 14.3. The van der Waals surface area contributed by atoms with Crippen LogP contribution in [0.1, 0.15) is 75.4 Å². The van der Waals surface area contributed by atoms with Crippen molar-refractivity contribution in [2.24, 2.45) is 0 Å². The van der Waals surface area contributed by atoms with Gasteiger partial charge in [0.2, 0.25) is 0 Å². The molecule has 6 amide bonds. The molecule has 0 saturated heterocycles. The van der Waals surface area contributed by atoms with Gasteiger partial charge in [0.15, 0.2) is 17.2 Å². The van der Waals surface area contributed by atoms with Crippen LogP contribution in [-0.4, -0.2) is 357 Å². The standard InChI is InChI=1S/C58H90N10O32/c69-12-35(13-70)95-24-32(25-96-36(14-71)15-72)62-53(88)44-8-41(47(82)56(91)65-44)50(85)59-3-5-68(6-4-60-51(86)42-9-45(66-57(92)48(42)83)54(89)63-33(26-97-37(16-73)17-74)27-98-38(18-75)19-76)11-31(2-1-7-94-30-81)61-52(87)43-10-46(67-58(93)49(43)84)55(90)64-34(28-99-39(20-77)21-78)29-100-40(22-79)23-80/h8-10,30-40,69-80,82-84H,1-7,11-29H2,(H,59,85)(H,60,86)(H,61,87)(H,62,88)(H,63,89)(H,64,90)(H,65,91)(H,66,92)(H,67,93). The Morgan fingerprint density at radius 1 is 0.400 bits per heavy atom. The molecule has 3 aromatic rings. The number of nitrogens with zero attached hydrogens (tertiary/aromatic N) is 1. The average molecular weight is 1440 g/mol. The zero-order chi connectivity index (χ0) is 74.3. The van der Waals surface area contributed by atoms with Crippen molar-refractivity contribution in [2.75, 3.05) is 158 Å². The fourth-order valence-electron chi connectivity index (χ4n) is 8.61. The Hall–Kier alpha value is -8.22. The Morgan fingerprint density at radius 3 is 0.920 bits per heavy atom. The van der Waals surface area contributed by atoms with Crippen LogP contribution in [0.25, 0.3) is 0 Å². The minimum atomic E-state index is -1.36. The molecule has 0 fully saturated rings. The molecule has 42 nitrogen and oxygen atoms in total. The maximum atomic E-state index is 14.3. The maximum absolute atomic E-state index is 14.3. The van der Waals surface area contributed by atoms with Crippen LogP contribution in [0.2, 0.25) is 0 Å². The van der Waals surface area contributed by atoms with Gasteiger partial charge in [-0.05, 0) is 31.0 Å². The van der Waals surface area contributed by atoms with Gasteiger partial charge in [-0.15, -0.1) is 0 Å². The van der Waals surface area contributed by atoms with Gasteiger partial charge in [-0.1, -0.05) is 0 Å². The first-order valence-corrected chi connectivity index (χ1v) is 30.9. The number of ether oxygens (including phenoxy) is 7. The Labute approximate surface area is 567 Å². The first kappa shape index (κ1) is 86.0. The molecule has 0 radical (unpaired) electrons. The second kappa shape index (κ2) is 47.0. The summed E-state index contributed by atoms with van der Waals surface area (Å²) in [6, 6.07) is -2.35. The Morgan fingerprint density at radius 2 is 0.660 bits per heavy atom. The van der Waals surface area contributed by atoms with Gasteiger partial charge in [0, 0.05) is 38.8 Å². The van der Waals surface area contributed by atoms with Gasteiger partial charge in [-0.25, -0.2) is 0 Å². The zero-order valence-corrected chi connectivity index (χ0v) is 54.1. The van der Waals surface area contributed by atoms with E-state index in [0.29, 0.717) is 0 Å². The molecule has 3 rings (SSSR count). The molecule has 0 bridgehead atoms. The van der Waals surface area contributed by atoms with Gasteiger partial charge < -0.3 is 157 Å². The van der Waals surface area contributed by atoms with Gasteiger partial charge in [-0.2, -0.15) is 0 Å². The van der Waals surface area contributed by atoms with Crippen molar-refractivity contribution in [3.8, 4) is 17.2 Å². The van der Waals surface area contributed by atoms with E-state index in [4.69, 9.17) is 33.2 Å². The molecule has 0 spiro atoms. The molecule has 100 heavy (non-hydrogen) atoms. The number of carbonyl (C=O) groups excluding carboxylic acids is 7. The van der Waals surface area contributed by atoms with E-state index in [-0.39, 0.29) is 45.6 Å². The molecule has 0 aliphatic rings. The minimum Gasteiger partial charge on any atom is -0.502 e. The predicted octanol–water partition coefficient (Wildman–Crippen LogP) is -11.4. The number of carbonyl (C=O) groups is 7. The highest BCUT2D eigenvalue weighted by Gasteiger charge is 2.29. The molecular formula is C58H90N10O32. The number of H-pyrrole nitrogens is 3. The molecule has 1 atom stereocenters. The number of aromatic nitrogens is 3. The maximum Gasteiger partial charge on any atom is 0.293 e. The second-order valence-corrected chi connectivity index (χ2v) is 21.8. The number of aliphatic hydroxyl groups is 12. The Balaban J connectivity index is 2.07. The van der Waals surface area contributed by atoms with Crippen molar-refractivity contribution >= 4 is 41.9 Å². The molecule has 24 N–H and O–H groups in total. The highest BCUT2D eigenvalue weighted by Crippen LogP contribution is 2.17. The number of aromatic hydroxyl groups is 3. The lowest BCUT2D eigenvalue weighted by Gasteiger charge is -2.28. The van der Waals surface area contributed by atoms with Crippen molar-refractivity contribution in [2.45, 2.75) is 73.6 Å². The van der Waals surface area contributed by atoms with E-state index in [1.165, 1.54) is 4.90 Å². The molecule has 0 aromatic carbocycles. The summed E-state index contributed by atoms with van der Waals surface area (Å²) in [6.07, 6.45) is -6.90. The lowest BCUT2D eigenvalue weighted by molar-refractivity contribution is -0.128. The van der Waals surface area contributed by atoms with Gasteiger partial charge in [0.25, 0.3) is 58.6 Å². The lowest BCUT2D eigenvalue weighted by atomic mass is 10.1. The quantitative estimate of drug-likeness (QED) is 0.0184. The monoisotopic (exact) mass is 1440 g/mol. The Bertz CT molecular complexity index is 2990. The van der Waals surface area contributed by atoms with Crippen LogP contribution < -0.4 is 48.6 Å². The van der Waals surface area contributed by atoms with E-state index in [1.54, 1.807) is 0 Å². The largest absolute Gasteiger partial charge is 0.502 e. The van der Waals surface area contributed by atoms with Gasteiger partial charge in [0.05, 0.1) is 160 Å². The number of rotatable bonds is 53. The van der Waals surface area contributed by atoms with E-state index < -0.39 is 296 Å². The van der Waals surface area contributed by atoms with Crippen LogP contribution in [0.15, 0.2) is 32.6 Å². The summed E-state index contributed by atoms with van der Waals surface area (Å²) in [4.78, 5) is 141. The first-order valence-electron chi connectivity index (χ1n) is 30.9. The van der Waals surface area contributed by atoms with Crippen molar-refractivity contribution in [3.63, 3.8) is 0 Å². The van der Waals surface area contributed by atoms with Gasteiger partial charge in [-0.3, -0.25) is 52.8 Å². The van der Waals surface area contributed by atoms with E-state index in [2.05, 4.69) is 46.9 Å². The summed E-state index contributed by atoms with van der Waals surface area (Å²) in [7, 11) is 0. The van der Waals surface area contributed by atoms with Crippen LogP contribution in [0, 0.1) is 0 Å². The minimum absolute atomic E-state index is 0.0151. The van der Waals surface area contributed by atoms with E-state index >= 15 is 0 Å². The normalized spacial score (nSPS) is 12.1. The van der Waals surface area contributed by atoms with Crippen molar-refractivity contribution < 1.29 is 143 Å². The molecule has 564 valence electrons. The summed E-state index contributed by atoms with van der Waals surface area (Å²) >= 11 is 0. The average Bonchev–Trinajstić information content (AvgIpc) is 0.830. The fraction of sp³-hybridized carbons (Fsp3) is 0.621. The highest BCUT2D eigenvalue weighted by atomic mass is 16.5. The number of aliphatic hydroxyl groups excluding tert-OH is 12. The fourth-order valence-corrected chi connectivity index (χ4v) is 8.61. The van der Waals surface area contributed by atoms with Crippen LogP contribution in [0.5, 0.6) is 17.2 Å². The summed E-state index contributed by atoms with van der Waals surface area (Å²) in [6.45, 7) is -12.6. The van der Waals surface area contributed by atoms with E-state index in [1.807, 2.05) is 0 Å². The number of aromatic amines is 3. The van der Waals surface area contributed by atoms with Crippen molar-refractivity contribution in [3.05, 3.63) is 83.0 Å². The van der Waals surface area contributed by atoms with Crippen LogP contribution in [0.4, 0.5) is 0 Å². The summed E-state index contributed by atoms with van der Waals surface area (Å²) < 4.78 is 37.3. The third kappa shape index (κ3) is 29.2. The van der Waals surface area contributed by atoms with Crippen molar-refractivity contribution in [1.82, 2.24) is 51.8 Å². The second-order valence-electron chi connectivity index (χ2n) is 21.8. The molecular weight excluding hydrogens is 1350 g/mol. The van der Waals surface area contributed by atoms with Crippen molar-refractivity contribution in [1.29, 1.82) is 0 Å². The summed E-state index contributed by atoms with van der Waals surface area (Å²) in [5, 5.41) is 161. The highest BCUT2D eigenvalue weighted by molar-refractivity contribution is 6.02. The van der Waals surface area contributed by atoms with Crippen LogP contribution in [0.3, 0.4) is 0 Å². The van der Waals surface area contributed by atoms with Crippen LogP contribution >= 0.6 is 0 Å². The first-order chi connectivity index (χ1) is 47.9. The van der Waals surface area contributed by atoms with E-state index in [0.717, 1.165) is 18.2 Å². The number of nitrogens with one attached hydrogen (secondary N) is 9. The molecule has 0 aliphatic heterocycles. The number of hydrogen-bond acceptors (Lipinski definition) is 33. The molecule has 1 unspecified atom stereocenters. The number of hydrogen-bond donors (Lipinski definition) is 24.